The zero-order valence-corrected chi connectivity index (χ0v) is 7.74. The molecule has 0 aliphatic heterocycles. The normalized spacial score (nSPS) is 10.3. The molecule has 0 heterocycles. The summed E-state index contributed by atoms with van der Waals surface area (Å²) in [5, 5.41) is 9.15. The van der Waals surface area contributed by atoms with Crippen molar-refractivity contribution in [2.75, 3.05) is 0 Å². The molecular weight excluding hydrogens is 198 g/mol. The molecule has 0 saturated heterocycles. The van der Waals surface area contributed by atoms with Gasteiger partial charge < -0.3 is 5.11 Å². The second-order valence-electron chi connectivity index (χ2n) is 3.15. The van der Waals surface area contributed by atoms with Crippen LogP contribution >= 0.6 is 0 Å². The fraction of sp³-hybridized carbons (Fsp3) is 0. The molecule has 2 aromatic carbocycles. The van der Waals surface area contributed by atoms with Crippen LogP contribution in [0.4, 0.5) is 8.78 Å². The van der Waals surface area contributed by atoms with Crippen LogP contribution in [0.1, 0.15) is 0 Å². The number of phenols is 1. The van der Waals surface area contributed by atoms with Gasteiger partial charge in [0, 0.05) is 5.56 Å². The first-order valence-electron chi connectivity index (χ1n) is 4.42. The first-order chi connectivity index (χ1) is 7.18. The van der Waals surface area contributed by atoms with Crippen molar-refractivity contribution >= 4 is 0 Å². The Balaban J connectivity index is 2.55. The van der Waals surface area contributed by atoms with Crippen LogP contribution in [0.2, 0.25) is 0 Å². The fourth-order valence-corrected chi connectivity index (χ4v) is 1.38. The molecule has 0 unspecified atom stereocenters. The quantitative estimate of drug-likeness (QED) is 0.758. The van der Waals surface area contributed by atoms with E-state index in [-0.39, 0.29) is 0 Å². The van der Waals surface area contributed by atoms with Crippen LogP contribution in [-0.2, 0) is 0 Å². The van der Waals surface area contributed by atoms with Crippen molar-refractivity contribution in [3.8, 4) is 16.9 Å². The molecule has 0 aliphatic rings. The zero-order valence-electron chi connectivity index (χ0n) is 7.74. The average molecular weight is 206 g/mol. The van der Waals surface area contributed by atoms with Crippen LogP contribution in [0.3, 0.4) is 0 Å². The lowest BCUT2D eigenvalue weighted by atomic mass is 10.0. The summed E-state index contributed by atoms with van der Waals surface area (Å²) in [6.45, 7) is 0. The Hall–Kier alpha value is -1.90. The maximum Gasteiger partial charge on any atom is 0.164 e. The minimum atomic E-state index is -0.713. The highest BCUT2D eigenvalue weighted by Crippen LogP contribution is 2.27. The van der Waals surface area contributed by atoms with Crippen LogP contribution in [0.5, 0.6) is 5.75 Å². The topological polar surface area (TPSA) is 20.2 Å². The van der Waals surface area contributed by atoms with Crippen molar-refractivity contribution in [2.24, 2.45) is 0 Å². The summed E-state index contributed by atoms with van der Waals surface area (Å²) in [6, 6.07) is 9.87. The Morgan fingerprint density at radius 3 is 2.27 bits per heavy atom. The third kappa shape index (κ3) is 1.81. The summed E-state index contributed by atoms with van der Waals surface area (Å²) in [5.74, 6) is -1.59. The van der Waals surface area contributed by atoms with E-state index in [1.165, 1.54) is 18.2 Å². The molecule has 2 aromatic rings. The van der Waals surface area contributed by atoms with Crippen molar-refractivity contribution < 1.29 is 13.9 Å². The second kappa shape index (κ2) is 3.69. The van der Waals surface area contributed by atoms with Crippen molar-refractivity contribution in [1.82, 2.24) is 0 Å². The van der Waals surface area contributed by atoms with Crippen LogP contribution in [-0.4, -0.2) is 5.11 Å². The first kappa shape index (κ1) is 9.65. The van der Waals surface area contributed by atoms with Crippen LogP contribution < -0.4 is 0 Å². The molecule has 2 rings (SSSR count). The van der Waals surface area contributed by atoms with Gasteiger partial charge in [0.2, 0.25) is 0 Å². The van der Waals surface area contributed by atoms with Gasteiger partial charge in [-0.1, -0.05) is 24.3 Å². The number of hydrogen-bond donors (Lipinski definition) is 1. The van der Waals surface area contributed by atoms with Gasteiger partial charge in [-0.2, -0.15) is 0 Å². The number of halogens is 2. The van der Waals surface area contributed by atoms with Gasteiger partial charge in [-0.05, 0) is 23.8 Å². The number of hydrogen-bond acceptors (Lipinski definition) is 1. The smallest absolute Gasteiger partial charge is 0.164 e. The Morgan fingerprint density at radius 1 is 0.867 bits per heavy atom. The van der Waals surface area contributed by atoms with E-state index < -0.39 is 17.4 Å². The van der Waals surface area contributed by atoms with Gasteiger partial charge in [0.25, 0.3) is 0 Å². The summed E-state index contributed by atoms with van der Waals surface area (Å²) in [5.41, 5.74) is 0.791. The zero-order chi connectivity index (χ0) is 10.8. The molecule has 0 bridgehead atoms. The molecule has 0 saturated carbocycles. The molecule has 0 aliphatic carbocycles. The number of benzene rings is 2. The van der Waals surface area contributed by atoms with E-state index in [2.05, 4.69) is 0 Å². The SMILES string of the molecule is Oc1cc(-c2ccccc2F)ccc1F. The molecule has 1 N–H and O–H groups in total. The van der Waals surface area contributed by atoms with Gasteiger partial charge in [-0.3, -0.25) is 0 Å². The van der Waals surface area contributed by atoms with E-state index in [4.69, 9.17) is 5.11 Å². The molecule has 1 nitrogen and oxygen atoms in total. The van der Waals surface area contributed by atoms with Crippen molar-refractivity contribution in [3.63, 3.8) is 0 Å². The molecule has 0 spiro atoms. The van der Waals surface area contributed by atoms with E-state index in [9.17, 15) is 8.78 Å². The van der Waals surface area contributed by atoms with Crippen LogP contribution in [0, 0.1) is 11.6 Å². The molecule has 0 radical (unpaired) electrons. The van der Waals surface area contributed by atoms with Gasteiger partial charge in [-0.15, -0.1) is 0 Å². The van der Waals surface area contributed by atoms with Gasteiger partial charge in [-0.25, -0.2) is 8.78 Å². The maximum atomic E-state index is 13.3. The Bertz CT molecular complexity index is 495. The van der Waals surface area contributed by atoms with Gasteiger partial charge >= 0.3 is 0 Å². The largest absolute Gasteiger partial charge is 0.505 e. The van der Waals surface area contributed by atoms with Crippen LogP contribution in [0.15, 0.2) is 42.5 Å². The first-order valence-corrected chi connectivity index (χ1v) is 4.42. The lowest BCUT2D eigenvalue weighted by molar-refractivity contribution is 0.432. The van der Waals surface area contributed by atoms with E-state index in [0.717, 1.165) is 6.07 Å². The fourth-order valence-electron chi connectivity index (χ4n) is 1.38. The lowest BCUT2D eigenvalue weighted by Crippen LogP contribution is -1.84. The van der Waals surface area contributed by atoms with Crippen LogP contribution in [0.25, 0.3) is 11.1 Å². The molecule has 0 aromatic heterocycles. The van der Waals surface area contributed by atoms with E-state index in [0.29, 0.717) is 11.1 Å². The minimum absolute atomic E-state index is 0.341. The lowest BCUT2D eigenvalue weighted by Gasteiger charge is -2.03. The molecule has 76 valence electrons. The third-order valence-electron chi connectivity index (χ3n) is 2.13. The van der Waals surface area contributed by atoms with Gasteiger partial charge in [0.05, 0.1) is 0 Å². The second-order valence-corrected chi connectivity index (χ2v) is 3.15. The Labute approximate surface area is 85.6 Å². The van der Waals surface area contributed by atoms with Crippen molar-refractivity contribution in [3.05, 3.63) is 54.1 Å². The summed E-state index contributed by atoms with van der Waals surface area (Å²) in [7, 11) is 0. The summed E-state index contributed by atoms with van der Waals surface area (Å²) in [6.07, 6.45) is 0. The monoisotopic (exact) mass is 206 g/mol. The van der Waals surface area contributed by atoms with Gasteiger partial charge in [0.1, 0.15) is 5.82 Å². The molecule has 0 amide bonds. The summed E-state index contributed by atoms with van der Waals surface area (Å²) >= 11 is 0. The standard InChI is InChI=1S/C12H8F2O/c13-10-4-2-1-3-9(10)8-5-6-11(14)12(15)7-8/h1-7,15H. The number of aromatic hydroxyl groups is 1. The molecule has 0 fully saturated rings. The van der Waals surface area contributed by atoms with Crippen molar-refractivity contribution in [1.29, 1.82) is 0 Å². The number of rotatable bonds is 1. The maximum absolute atomic E-state index is 13.3. The highest BCUT2D eigenvalue weighted by molar-refractivity contribution is 5.65. The molecule has 0 atom stereocenters. The van der Waals surface area contributed by atoms with E-state index in [1.807, 2.05) is 0 Å². The number of phenolic OH excluding ortho intramolecular Hbond substituents is 1. The third-order valence-corrected chi connectivity index (χ3v) is 2.13. The van der Waals surface area contributed by atoms with E-state index >= 15 is 0 Å². The highest BCUT2D eigenvalue weighted by Gasteiger charge is 2.06. The van der Waals surface area contributed by atoms with Gasteiger partial charge in [0.15, 0.2) is 11.6 Å². The molecule has 3 heteroatoms. The summed E-state index contributed by atoms with van der Waals surface area (Å²) < 4.78 is 26.1. The highest BCUT2D eigenvalue weighted by atomic mass is 19.1. The Kier molecular flexibility index (Phi) is 2.37. The Morgan fingerprint density at radius 2 is 1.60 bits per heavy atom. The average Bonchev–Trinajstić information content (AvgIpc) is 2.23. The van der Waals surface area contributed by atoms with E-state index in [1.54, 1.807) is 18.2 Å². The molecular formula is C12H8F2O. The van der Waals surface area contributed by atoms with Crippen molar-refractivity contribution in [2.45, 2.75) is 0 Å². The predicted molar refractivity (Wildman–Crippen MR) is 53.5 cm³/mol. The predicted octanol–water partition coefficient (Wildman–Crippen LogP) is 3.34. The molecule has 15 heavy (non-hydrogen) atoms. The minimum Gasteiger partial charge on any atom is -0.505 e. The summed E-state index contributed by atoms with van der Waals surface area (Å²) in [4.78, 5) is 0.